The first kappa shape index (κ1) is 12.7. The monoisotopic (exact) mass is 226 g/mol. The lowest BCUT2D eigenvalue weighted by atomic mass is 9.96. The maximum Gasteiger partial charge on any atom is 0.232 e. The molecule has 1 aromatic heterocycles. The maximum absolute atomic E-state index is 11.6. The van der Waals surface area contributed by atoms with Crippen LogP contribution in [0.3, 0.4) is 0 Å². The van der Waals surface area contributed by atoms with E-state index in [2.05, 4.69) is 10.5 Å². The van der Waals surface area contributed by atoms with Gasteiger partial charge in [-0.2, -0.15) is 0 Å². The standard InChI is InChI=1S/C11H18N2O3/c1-10(2,3)9(14)12-8-6-7(13-16-8)11(4,5)15/h6,15H,1-5H3,(H,12,14). The molecule has 5 nitrogen and oxygen atoms in total. The Morgan fingerprint density at radius 3 is 2.31 bits per heavy atom. The highest BCUT2D eigenvalue weighted by Gasteiger charge is 2.25. The van der Waals surface area contributed by atoms with Crippen LogP contribution < -0.4 is 5.32 Å². The molecule has 0 atom stereocenters. The first-order chi connectivity index (χ1) is 7.10. The van der Waals surface area contributed by atoms with E-state index < -0.39 is 11.0 Å². The molecule has 5 heteroatoms. The Morgan fingerprint density at radius 1 is 1.38 bits per heavy atom. The van der Waals surface area contributed by atoms with Crippen LogP contribution in [0.15, 0.2) is 10.6 Å². The van der Waals surface area contributed by atoms with Crippen LogP contribution in [0.1, 0.15) is 40.3 Å². The van der Waals surface area contributed by atoms with E-state index in [0.717, 1.165) is 0 Å². The molecule has 0 aliphatic carbocycles. The van der Waals surface area contributed by atoms with Gasteiger partial charge in [-0.1, -0.05) is 25.9 Å². The summed E-state index contributed by atoms with van der Waals surface area (Å²) in [5.74, 6) is 0.0861. The Balaban J connectivity index is 2.78. The van der Waals surface area contributed by atoms with Gasteiger partial charge in [0.25, 0.3) is 0 Å². The number of aromatic nitrogens is 1. The van der Waals surface area contributed by atoms with Crippen molar-refractivity contribution >= 4 is 11.8 Å². The van der Waals surface area contributed by atoms with Gasteiger partial charge in [0, 0.05) is 11.5 Å². The number of amides is 1. The van der Waals surface area contributed by atoms with Gasteiger partial charge in [-0.3, -0.25) is 10.1 Å². The van der Waals surface area contributed by atoms with Crippen molar-refractivity contribution in [3.05, 3.63) is 11.8 Å². The first-order valence-electron chi connectivity index (χ1n) is 5.12. The number of aliphatic hydroxyl groups is 1. The van der Waals surface area contributed by atoms with Crippen molar-refractivity contribution in [3.8, 4) is 0 Å². The Bertz CT molecular complexity index is 383. The van der Waals surface area contributed by atoms with E-state index in [-0.39, 0.29) is 11.8 Å². The molecule has 0 fully saturated rings. The van der Waals surface area contributed by atoms with Crippen LogP contribution in [0.4, 0.5) is 5.88 Å². The minimum atomic E-state index is -1.08. The lowest BCUT2D eigenvalue weighted by Gasteiger charge is -2.15. The van der Waals surface area contributed by atoms with Crippen molar-refractivity contribution in [1.29, 1.82) is 0 Å². The summed E-state index contributed by atoms with van der Waals surface area (Å²) >= 11 is 0. The van der Waals surface area contributed by atoms with Crippen LogP contribution in [0.2, 0.25) is 0 Å². The lowest BCUT2D eigenvalue weighted by molar-refractivity contribution is -0.123. The summed E-state index contributed by atoms with van der Waals surface area (Å²) in [4.78, 5) is 11.6. The smallest absolute Gasteiger partial charge is 0.232 e. The molecule has 0 aromatic carbocycles. The van der Waals surface area contributed by atoms with Gasteiger partial charge in [-0.05, 0) is 13.8 Å². The molecular formula is C11H18N2O3. The molecule has 0 aliphatic rings. The summed E-state index contributed by atoms with van der Waals surface area (Å²) in [6, 6.07) is 1.52. The van der Waals surface area contributed by atoms with Crippen LogP contribution in [-0.4, -0.2) is 16.2 Å². The fourth-order valence-corrected chi connectivity index (χ4v) is 0.922. The van der Waals surface area contributed by atoms with Gasteiger partial charge in [-0.25, -0.2) is 0 Å². The summed E-state index contributed by atoms with van der Waals surface area (Å²) in [6.45, 7) is 8.60. The number of carbonyl (C=O) groups excluding carboxylic acids is 1. The largest absolute Gasteiger partial charge is 0.384 e. The predicted octanol–water partition coefficient (Wildman–Crippen LogP) is 1.89. The molecule has 16 heavy (non-hydrogen) atoms. The van der Waals surface area contributed by atoms with E-state index in [1.165, 1.54) is 6.07 Å². The lowest BCUT2D eigenvalue weighted by Crippen LogP contribution is -2.27. The van der Waals surface area contributed by atoms with Crippen molar-refractivity contribution in [1.82, 2.24) is 5.16 Å². The summed E-state index contributed by atoms with van der Waals surface area (Å²) in [6.07, 6.45) is 0. The van der Waals surface area contributed by atoms with Crippen LogP contribution in [-0.2, 0) is 10.4 Å². The Labute approximate surface area is 94.8 Å². The average molecular weight is 226 g/mol. The van der Waals surface area contributed by atoms with Gasteiger partial charge in [0.2, 0.25) is 11.8 Å². The molecule has 90 valence electrons. The molecule has 0 bridgehead atoms. The third kappa shape index (κ3) is 3.06. The molecular weight excluding hydrogens is 208 g/mol. The molecule has 1 amide bonds. The van der Waals surface area contributed by atoms with Gasteiger partial charge in [0.05, 0.1) is 0 Å². The number of hydrogen-bond donors (Lipinski definition) is 2. The molecule has 2 N–H and O–H groups in total. The first-order valence-corrected chi connectivity index (χ1v) is 5.12. The average Bonchev–Trinajstić information content (AvgIpc) is 2.49. The second-order valence-corrected chi connectivity index (χ2v) is 5.34. The normalized spacial score (nSPS) is 12.6. The summed E-state index contributed by atoms with van der Waals surface area (Å²) in [7, 11) is 0. The zero-order chi connectivity index (χ0) is 12.6. The number of rotatable bonds is 2. The second kappa shape index (κ2) is 3.90. The Morgan fingerprint density at radius 2 is 1.94 bits per heavy atom. The summed E-state index contributed by atoms with van der Waals surface area (Å²) in [5, 5.41) is 15.9. The third-order valence-electron chi connectivity index (χ3n) is 2.05. The third-order valence-corrected chi connectivity index (χ3v) is 2.05. The molecule has 1 rings (SSSR count). The van der Waals surface area contributed by atoms with Crippen molar-refractivity contribution in [3.63, 3.8) is 0 Å². The van der Waals surface area contributed by atoms with E-state index in [4.69, 9.17) is 4.52 Å². The quantitative estimate of drug-likeness (QED) is 0.807. The fourth-order valence-electron chi connectivity index (χ4n) is 0.922. The highest BCUT2D eigenvalue weighted by atomic mass is 16.5. The molecule has 1 aromatic rings. The maximum atomic E-state index is 11.6. The highest BCUT2D eigenvalue weighted by molar-refractivity contribution is 5.93. The molecule has 1 heterocycles. The molecule has 0 aliphatic heterocycles. The van der Waals surface area contributed by atoms with Gasteiger partial charge in [0.15, 0.2) is 0 Å². The summed E-state index contributed by atoms with van der Waals surface area (Å²) in [5.41, 5.74) is -1.19. The van der Waals surface area contributed by atoms with Crippen molar-refractivity contribution in [2.45, 2.75) is 40.2 Å². The number of nitrogens with one attached hydrogen (secondary N) is 1. The number of anilines is 1. The van der Waals surface area contributed by atoms with Crippen LogP contribution in [0.5, 0.6) is 0 Å². The van der Waals surface area contributed by atoms with Gasteiger partial charge in [-0.15, -0.1) is 0 Å². The molecule has 0 radical (unpaired) electrons. The van der Waals surface area contributed by atoms with Crippen molar-refractivity contribution in [2.24, 2.45) is 5.41 Å². The number of carbonyl (C=O) groups is 1. The minimum absolute atomic E-state index is 0.161. The topological polar surface area (TPSA) is 75.4 Å². The van der Waals surface area contributed by atoms with Crippen LogP contribution in [0, 0.1) is 5.41 Å². The van der Waals surface area contributed by atoms with E-state index >= 15 is 0 Å². The van der Waals surface area contributed by atoms with Gasteiger partial charge in [0.1, 0.15) is 11.3 Å². The van der Waals surface area contributed by atoms with E-state index in [1.54, 1.807) is 34.6 Å². The van der Waals surface area contributed by atoms with E-state index in [0.29, 0.717) is 5.69 Å². The van der Waals surface area contributed by atoms with Crippen LogP contribution in [0.25, 0.3) is 0 Å². The minimum Gasteiger partial charge on any atom is -0.384 e. The zero-order valence-electron chi connectivity index (χ0n) is 10.3. The Hall–Kier alpha value is -1.36. The second-order valence-electron chi connectivity index (χ2n) is 5.34. The van der Waals surface area contributed by atoms with E-state index in [1.807, 2.05) is 0 Å². The van der Waals surface area contributed by atoms with Gasteiger partial charge < -0.3 is 9.63 Å². The number of hydrogen-bond acceptors (Lipinski definition) is 4. The number of nitrogens with zero attached hydrogens (tertiary/aromatic N) is 1. The molecule has 0 saturated carbocycles. The van der Waals surface area contributed by atoms with Crippen LogP contribution >= 0.6 is 0 Å². The molecule has 0 unspecified atom stereocenters. The Kier molecular flexibility index (Phi) is 3.10. The molecule has 0 saturated heterocycles. The van der Waals surface area contributed by atoms with Gasteiger partial charge >= 0.3 is 0 Å². The fraction of sp³-hybridized carbons (Fsp3) is 0.636. The summed E-state index contributed by atoms with van der Waals surface area (Å²) < 4.78 is 4.92. The SMILES string of the molecule is CC(C)(C)C(=O)Nc1cc(C(C)(C)O)no1. The predicted molar refractivity (Wildman–Crippen MR) is 59.8 cm³/mol. The highest BCUT2D eigenvalue weighted by Crippen LogP contribution is 2.23. The van der Waals surface area contributed by atoms with Crippen molar-refractivity contribution in [2.75, 3.05) is 5.32 Å². The van der Waals surface area contributed by atoms with Crippen molar-refractivity contribution < 1.29 is 14.4 Å². The zero-order valence-corrected chi connectivity index (χ0v) is 10.3. The van der Waals surface area contributed by atoms with E-state index in [9.17, 15) is 9.90 Å². The molecule has 0 spiro atoms.